The minimum atomic E-state index is -2.92. The van der Waals surface area contributed by atoms with Gasteiger partial charge in [0.1, 0.15) is 6.54 Å². The van der Waals surface area contributed by atoms with Gasteiger partial charge in [-0.25, -0.2) is 13.4 Å². The van der Waals surface area contributed by atoms with Crippen molar-refractivity contribution in [2.24, 2.45) is 5.92 Å². The van der Waals surface area contributed by atoms with Crippen molar-refractivity contribution < 1.29 is 17.6 Å². The first-order chi connectivity index (χ1) is 15.4. The summed E-state index contributed by atoms with van der Waals surface area (Å²) in [6, 6.07) is 9.86. The SMILES string of the molecule is Cc1nc(C2CCCCC2C(=O)NCC#N)c(-c2ccc(N3CCS(=O)(=O)CC3)cc2)o1. The number of hydrogen-bond donors (Lipinski definition) is 1. The summed E-state index contributed by atoms with van der Waals surface area (Å²) in [5, 5.41) is 11.5. The molecule has 1 saturated heterocycles. The average molecular weight is 457 g/mol. The quantitative estimate of drug-likeness (QED) is 0.688. The van der Waals surface area contributed by atoms with Crippen LogP contribution in [0.5, 0.6) is 0 Å². The molecule has 1 N–H and O–H groups in total. The van der Waals surface area contributed by atoms with E-state index in [-0.39, 0.29) is 35.8 Å². The second-order valence-electron chi connectivity index (χ2n) is 8.51. The standard InChI is InChI=1S/C23H28N4O4S/c1-16-26-21(19-4-2-3-5-20(19)23(28)25-11-10-24)22(31-16)17-6-8-18(9-7-17)27-12-14-32(29,30)15-13-27/h6-9,19-20H,2-5,11-15H2,1H3,(H,25,28). The van der Waals surface area contributed by atoms with Gasteiger partial charge in [-0.1, -0.05) is 12.8 Å². The van der Waals surface area contributed by atoms with Crippen LogP contribution in [0.15, 0.2) is 28.7 Å². The predicted octanol–water partition coefficient (Wildman–Crippen LogP) is 2.80. The monoisotopic (exact) mass is 456 g/mol. The normalized spacial score (nSPS) is 22.8. The first-order valence-electron chi connectivity index (χ1n) is 11.1. The van der Waals surface area contributed by atoms with Crippen molar-refractivity contribution in [2.75, 3.05) is 36.0 Å². The van der Waals surface area contributed by atoms with Gasteiger partial charge in [0.25, 0.3) is 0 Å². The third-order valence-corrected chi connectivity index (χ3v) is 8.00. The first kappa shape index (κ1) is 22.3. The van der Waals surface area contributed by atoms with Crippen LogP contribution in [0, 0.1) is 24.2 Å². The number of carbonyl (C=O) groups excluding carboxylic acids is 1. The fourth-order valence-electron chi connectivity index (χ4n) is 4.73. The minimum absolute atomic E-state index is 0.00597. The summed E-state index contributed by atoms with van der Waals surface area (Å²) in [5.74, 6) is 1.21. The number of oxazole rings is 1. The summed E-state index contributed by atoms with van der Waals surface area (Å²) >= 11 is 0. The van der Waals surface area contributed by atoms with Crippen LogP contribution in [0.3, 0.4) is 0 Å². The van der Waals surface area contributed by atoms with E-state index in [1.165, 1.54) is 0 Å². The second-order valence-corrected chi connectivity index (χ2v) is 10.8. The number of nitrogens with zero attached hydrogens (tertiary/aromatic N) is 3. The van der Waals surface area contributed by atoms with Crippen LogP contribution in [0.4, 0.5) is 5.69 Å². The van der Waals surface area contributed by atoms with Crippen LogP contribution in [-0.2, 0) is 14.6 Å². The van der Waals surface area contributed by atoms with Gasteiger partial charge in [-0.15, -0.1) is 0 Å². The number of rotatable bonds is 5. The molecule has 2 atom stereocenters. The van der Waals surface area contributed by atoms with E-state index in [1.54, 1.807) is 0 Å². The number of benzene rings is 1. The number of carbonyl (C=O) groups is 1. The molecule has 1 amide bonds. The number of amides is 1. The lowest BCUT2D eigenvalue weighted by atomic mass is 9.76. The highest BCUT2D eigenvalue weighted by atomic mass is 32.2. The molecule has 1 aliphatic carbocycles. The van der Waals surface area contributed by atoms with Gasteiger partial charge in [0.15, 0.2) is 21.5 Å². The van der Waals surface area contributed by atoms with E-state index < -0.39 is 9.84 Å². The fourth-order valence-corrected chi connectivity index (χ4v) is 5.93. The molecule has 8 nitrogen and oxygen atoms in total. The number of sulfone groups is 1. The Labute approximate surface area is 188 Å². The molecule has 32 heavy (non-hydrogen) atoms. The molecule has 0 bridgehead atoms. The molecule has 2 fully saturated rings. The third-order valence-electron chi connectivity index (χ3n) is 6.39. The highest BCUT2D eigenvalue weighted by Gasteiger charge is 2.36. The van der Waals surface area contributed by atoms with Gasteiger partial charge < -0.3 is 14.6 Å². The fraction of sp³-hybridized carbons (Fsp3) is 0.522. The molecule has 2 aromatic rings. The molecule has 9 heteroatoms. The van der Waals surface area contributed by atoms with Crippen LogP contribution in [0.25, 0.3) is 11.3 Å². The first-order valence-corrected chi connectivity index (χ1v) is 12.9. The lowest BCUT2D eigenvalue weighted by Gasteiger charge is -2.30. The summed E-state index contributed by atoms with van der Waals surface area (Å²) in [6.45, 7) is 2.81. The van der Waals surface area contributed by atoms with Crippen LogP contribution in [-0.4, -0.2) is 50.4 Å². The molecule has 2 unspecified atom stereocenters. The molecule has 1 aliphatic heterocycles. The molecule has 4 rings (SSSR count). The topological polar surface area (TPSA) is 116 Å². The maximum Gasteiger partial charge on any atom is 0.224 e. The number of nitriles is 1. The molecular weight excluding hydrogens is 428 g/mol. The van der Waals surface area contributed by atoms with Gasteiger partial charge in [-0.2, -0.15) is 5.26 Å². The van der Waals surface area contributed by atoms with E-state index in [0.717, 1.165) is 42.6 Å². The Bertz CT molecular complexity index is 1100. The highest BCUT2D eigenvalue weighted by molar-refractivity contribution is 7.91. The maximum atomic E-state index is 12.7. The van der Waals surface area contributed by atoms with Gasteiger partial charge in [-0.05, 0) is 37.1 Å². The molecule has 170 valence electrons. The van der Waals surface area contributed by atoms with Crippen molar-refractivity contribution >= 4 is 21.4 Å². The Morgan fingerprint density at radius 1 is 1.22 bits per heavy atom. The van der Waals surface area contributed by atoms with Gasteiger partial charge in [0.2, 0.25) is 5.91 Å². The lowest BCUT2D eigenvalue weighted by Crippen LogP contribution is -2.40. The maximum absolute atomic E-state index is 12.7. The molecule has 1 saturated carbocycles. The van der Waals surface area contributed by atoms with Crippen molar-refractivity contribution in [3.05, 3.63) is 35.9 Å². The summed E-state index contributed by atoms with van der Waals surface area (Å²) in [4.78, 5) is 19.4. The average Bonchev–Trinajstić information content (AvgIpc) is 3.19. The van der Waals surface area contributed by atoms with Crippen molar-refractivity contribution in [3.8, 4) is 17.4 Å². The van der Waals surface area contributed by atoms with Crippen LogP contribution >= 0.6 is 0 Å². The van der Waals surface area contributed by atoms with Gasteiger partial charge >= 0.3 is 0 Å². The molecule has 2 heterocycles. The number of anilines is 1. The third kappa shape index (κ3) is 4.80. The van der Waals surface area contributed by atoms with E-state index in [0.29, 0.717) is 24.7 Å². The predicted molar refractivity (Wildman–Crippen MR) is 121 cm³/mol. The van der Waals surface area contributed by atoms with E-state index >= 15 is 0 Å². The molecule has 0 radical (unpaired) electrons. The summed E-state index contributed by atoms with van der Waals surface area (Å²) in [7, 11) is -2.92. The van der Waals surface area contributed by atoms with Crippen molar-refractivity contribution in [3.63, 3.8) is 0 Å². The Hall–Kier alpha value is -2.86. The van der Waals surface area contributed by atoms with Crippen molar-refractivity contribution in [2.45, 2.75) is 38.5 Å². The zero-order valence-corrected chi connectivity index (χ0v) is 19.0. The van der Waals surface area contributed by atoms with E-state index in [9.17, 15) is 13.2 Å². The molecule has 0 spiro atoms. The van der Waals surface area contributed by atoms with Gasteiger partial charge in [0, 0.05) is 43.1 Å². The van der Waals surface area contributed by atoms with Gasteiger partial charge in [-0.3, -0.25) is 4.79 Å². The van der Waals surface area contributed by atoms with Crippen LogP contribution in [0.1, 0.15) is 43.2 Å². The Morgan fingerprint density at radius 2 is 1.91 bits per heavy atom. The molecule has 2 aliphatic rings. The van der Waals surface area contributed by atoms with Gasteiger partial charge in [0.05, 0.1) is 23.3 Å². The molecular formula is C23H28N4O4S. The minimum Gasteiger partial charge on any atom is -0.441 e. The number of hydrogen-bond acceptors (Lipinski definition) is 7. The number of aryl methyl sites for hydroxylation is 1. The van der Waals surface area contributed by atoms with E-state index in [2.05, 4.69) is 15.2 Å². The molecule has 1 aromatic heterocycles. The largest absolute Gasteiger partial charge is 0.441 e. The summed E-state index contributed by atoms with van der Waals surface area (Å²) < 4.78 is 29.4. The smallest absolute Gasteiger partial charge is 0.224 e. The second kappa shape index (κ2) is 9.33. The Balaban J connectivity index is 1.58. The highest BCUT2D eigenvalue weighted by Crippen LogP contribution is 2.42. The summed E-state index contributed by atoms with van der Waals surface area (Å²) in [6.07, 6.45) is 3.62. The molecule has 1 aromatic carbocycles. The van der Waals surface area contributed by atoms with Crippen LogP contribution in [0.2, 0.25) is 0 Å². The number of nitrogens with one attached hydrogen (secondary N) is 1. The zero-order valence-electron chi connectivity index (χ0n) is 18.2. The van der Waals surface area contributed by atoms with Crippen molar-refractivity contribution in [1.82, 2.24) is 10.3 Å². The van der Waals surface area contributed by atoms with E-state index in [1.807, 2.05) is 37.3 Å². The Morgan fingerprint density at radius 3 is 2.59 bits per heavy atom. The van der Waals surface area contributed by atoms with Crippen molar-refractivity contribution in [1.29, 1.82) is 5.26 Å². The Kier molecular flexibility index (Phi) is 6.51. The lowest BCUT2D eigenvalue weighted by molar-refractivity contribution is -0.126. The zero-order chi connectivity index (χ0) is 22.7. The van der Waals surface area contributed by atoms with Crippen LogP contribution < -0.4 is 10.2 Å². The summed E-state index contributed by atoms with van der Waals surface area (Å²) in [5.41, 5.74) is 2.67. The number of aromatic nitrogens is 1. The van der Waals surface area contributed by atoms with E-state index in [4.69, 9.17) is 9.68 Å².